The van der Waals surface area contributed by atoms with Crippen molar-refractivity contribution in [3.05, 3.63) is 0 Å². The van der Waals surface area contributed by atoms with Crippen LogP contribution in [0.1, 0.15) is 13.8 Å². The molecule has 16 heavy (non-hydrogen) atoms. The fourth-order valence-corrected chi connectivity index (χ4v) is 1.43. The van der Waals surface area contributed by atoms with Gasteiger partial charge in [0.25, 0.3) is 0 Å². The number of hydrogen-bond donors (Lipinski definition) is 1. The Morgan fingerprint density at radius 1 is 1.56 bits per heavy atom. The number of carbonyl (C=O) groups is 1. The van der Waals surface area contributed by atoms with Crippen LogP contribution in [0.15, 0.2) is 0 Å². The Bertz CT molecular complexity index is 250. The highest BCUT2D eigenvalue weighted by atomic mass is 16.5. The van der Waals surface area contributed by atoms with Gasteiger partial charge in [-0.15, -0.1) is 0 Å². The van der Waals surface area contributed by atoms with E-state index in [0.717, 1.165) is 0 Å². The molecule has 2 atom stereocenters. The number of rotatable bonds is 7. The fraction of sp³-hybridized carbons (Fsp3) is 0.818. The molecule has 92 valence electrons. The van der Waals surface area contributed by atoms with E-state index in [2.05, 4.69) is 11.4 Å². The number of carbonyl (C=O) groups excluding carboxylic acids is 1. The summed E-state index contributed by atoms with van der Waals surface area (Å²) in [7, 11) is 3.43. The average Bonchev–Trinajstić information content (AvgIpc) is 2.16. The van der Waals surface area contributed by atoms with E-state index in [-0.39, 0.29) is 17.9 Å². The summed E-state index contributed by atoms with van der Waals surface area (Å²) in [6.07, 6.45) is 0. The number of amides is 1. The third-order valence-electron chi connectivity index (χ3n) is 2.04. The van der Waals surface area contributed by atoms with Crippen LogP contribution in [0.25, 0.3) is 0 Å². The van der Waals surface area contributed by atoms with Gasteiger partial charge in [0.1, 0.15) is 0 Å². The molecule has 1 amide bonds. The average molecular weight is 227 g/mol. The molecular weight excluding hydrogens is 206 g/mol. The minimum absolute atomic E-state index is 0.0132. The van der Waals surface area contributed by atoms with Gasteiger partial charge in [-0.1, -0.05) is 0 Å². The van der Waals surface area contributed by atoms with Crippen molar-refractivity contribution in [3.63, 3.8) is 0 Å². The van der Waals surface area contributed by atoms with Crippen molar-refractivity contribution < 1.29 is 9.53 Å². The van der Waals surface area contributed by atoms with Crippen LogP contribution >= 0.6 is 0 Å². The summed E-state index contributed by atoms with van der Waals surface area (Å²) >= 11 is 0. The Balaban J connectivity index is 3.83. The monoisotopic (exact) mass is 227 g/mol. The predicted octanol–water partition coefficient (Wildman–Crippen LogP) is 0.229. The van der Waals surface area contributed by atoms with E-state index in [9.17, 15) is 4.79 Å². The van der Waals surface area contributed by atoms with Crippen molar-refractivity contribution in [3.8, 4) is 6.07 Å². The van der Waals surface area contributed by atoms with E-state index < -0.39 is 0 Å². The van der Waals surface area contributed by atoms with Crippen molar-refractivity contribution in [2.24, 2.45) is 5.92 Å². The molecule has 0 aromatic heterocycles. The Hall–Kier alpha value is -1.12. The first kappa shape index (κ1) is 14.9. The van der Waals surface area contributed by atoms with Crippen LogP contribution in [0.3, 0.4) is 0 Å². The summed E-state index contributed by atoms with van der Waals surface area (Å²) in [6.45, 7) is 5.13. The van der Waals surface area contributed by atoms with Gasteiger partial charge in [0.2, 0.25) is 5.91 Å². The Labute approximate surface area is 97.4 Å². The highest BCUT2D eigenvalue weighted by molar-refractivity contribution is 5.78. The van der Waals surface area contributed by atoms with Crippen LogP contribution in [-0.2, 0) is 9.53 Å². The van der Waals surface area contributed by atoms with Crippen molar-refractivity contribution in [2.45, 2.75) is 19.9 Å². The number of methoxy groups -OCH3 is 1. The number of likely N-dealkylation sites (N-methyl/N-ethyl adjacent to an activating group) is 1. The summed E-state index contributed by atoms with van der Waals surface area (Å²) in [5.41, 5.74) is 0. The molecule has 0 spiro atoms. The van der Waals surface area contributed by atoms with Crippen LogP contribution in [0.2, 0.25) is 0 Å². The normalized spacial score (nSPS) is 14.2. The first-order chi connectivity index (χ1) is 7.49. The molecule has 0 aliphatic rings. The Morgan fingerprint density at radius 2 is 2.19 bits per heavy atom. The molecule has 0 bridgehead atoms. The zero-order valence-corrected chi connectivity index (χ0v) is 10.5. The fourth-order valence-electron chi connectivity index (χ4n) is 1.43. The maximum absolute atomic E-state index is 11.5. The molecule has 2 unspecified atom stereocenters. The molecule has 0 heterocycles. The van der Waals surface area contributed by atoms with Crippen molar-refractivity contribution in [1.29, 1.82) is 5.26 Å². The highest BCUT2D eigenvalue weighted by Crippen LogP contribution is 1.95. The molecular formula is C11H21N3O2. The lowest BCUT2D eigenvalue weighted by Crippen LogP contribution is -2.42. The molecule has 0 aliphatic heterocycles. The first-order valence-corrected chi connectivity index (χ1v) is 5.36. The largest absolute Gasteiger partial charge is 0.383 e. The second-order valence-electron chi connectivity index (χ2n) is 4.15. The summed E-state index contributed by atoms with van der Waals surface area (Å²) in [5.74, 6) is -0.105. The van der Waals surface area contributed by atoms with Crippen LogP contribution in [0.4, 0.5) is 0 Å². The SMILES string of the molecule is COCC(C)NC(=O)CN(C)CC(C)C#N. The maximum Gasteiger partial charge on any atom is 0.234 e. The van der Waals surface area contributed by atoms with Gasteiger partial charge in [0.15, 0.2) is 0 Å². The number of ether oxygens (including phenoxy) is 1. The van der Waals surface area contributed by atoms with E-state index >= 15 is 0 Å². The quantitative estimate of drug-likeness (QED) is 0.676. The second-order valence-corrected chi connectivity index (χ2v) is 4.15. The summed E-state index contributed by atoms with van der Waals surface area (Å²) in [6, 6.07) is 2.15. The lowest BCUT2D eigenvalue weighted by Gasteiger charge is -2.19. The molecule has 0 saturated carbocycles. The van der Waals surface area contributed by atoms with Gasteiger partial charge in [-0.25, -0.2) is 0 Å². The predicted molar refractivity (Wildman–Crippen MR) is 61.8 cm³/mol. The standard InChI is InChI=1S/C11H21N3O2/c1-9(5-12)6-14(3)7-11(15)13-10(2)8-16-4/h9-10H,6-8H2,1-4H3,(H,13,15). The van der Waals surface area contributed by atoms with Gasteiger partial charge < -0.3 is 10.1 Å². The van der Waals surface area contributed by atoms with Gasteiger partial charge in [-0.3, -0.25) is 9.69 Å². The van der Waals surface area contributed by atoms with Gasteiger partial charge in [0.05, 0.1) is 25.1 Å². The van der Waals surface area contributed by atoms with Crippen LogP contribution in [0, 0.1) is 17.2 Å². The zero-order chi connectivity index (χ0) is 12.6. The molecule has 5 heteroatoms. The van der Waals surface area contributed by atoms with Gasteiger partial charge in [-0.05, 0) is 20.9 Å². The Kier molecular flexibility index (Phi) is 7.52. The topological polar surface area (TPSA) is 65.4 Å². The maximum atomic E-state index is 11.5. The lowest BCUT2D eigenvalue weighted by atomic mass is 10.2. The van der Waals surface area contributed by atoms with Crippen molar-refractivity contribution >= 4 is 5.91 Å². The van der Waals surface area contributed by atoms with E-state index in [1.807, 2.05) is 25.8 Å². The van der Waals surface area contributed by atoms with E-state index in [0.29, 0.717) is 19.7 Å². The van der Waals surface area contributed by atoms with Crippen LogP contribution < -0.4 is 5.32 Å². The zero-order valence-electron chi connectivity index (χ0n) is 10.5. The minimum atomic E-state index is -0.0609. The molecule has 5 nitrogen and oxygen atoms in total. The molecule has 0 saturated heterocycles. The third kappa shape index (κ3) is 7.21. The molecule has 0 fully saturated rings. The van der Waals surface area contributed by atoms with E-state index in [1.165, 1.54) is 0 Å². The summed E-state index contributed by atoms with van der Waals surface area (Å²) in [5, 5.41) is 11.5. The molecule has 1 N–H and O–H groups in total. The third-order valence-corrected chi connectivity index (χ3v) is 2.04. The minimum Gasteiger partial charge on any atom is -0.383 e. The molecule has 0 aromatic carbocycles. The molecule has 0 aromatic rings. The second kappa shape index (κ2) is 8.08. The van der Waals surface area contributed by atoms with Crippen molar-refractivity contribution in [2.75, 3.05) is 33.9 Å². The summed E-state index contributed by atoms with van der Waals surface area (Å²) < 4.78 is 4.92. The van der Waals surface area contributed by atoms with Crippen LogP contribution in [-0.4, -0.2) is 50.7 Å². The van der Waals surface area contributed by atoms with Gasteiger partial charge >= 0.3 is 0 Å². The first-order valence-electron chi connectivity index (χ1n) is 5.36. The molecule has 0 rings (SSSR count). The molecule has 0 radical (unpaired) electrons. The van der Waals surface area contributed by atoms with E-state index in [1.54, 1.807) is 7.11 Å². The Morgan fingerprint density at radius 3 is 2.69 bits per heavy atom. The number of nitrogens with zero attached hydrogens (tertiary/aromatic N) is 2. The highest BCUT2D eigenvalue weighted by Gasteiger charge is 2.11. The summed E-state index contributed by atoms with van der Waals surface area (Å²) in [4.78, 5) is 13.4. The van der Waals surface area contributed by atoms with E-state index in [4.69, 9.17) is 10.00 Å². The lowest BCUT2D eigenvalue weighted by molar-refractivity contribution is -0.122. The van der Waals surface area contributed by atoms with Crippen molar-refractivity contribution in [1.82, 2.24) is 10.2 Å². The van der Waals surface area contributed by atoms with Gasteiger partial charge in [-0.2, -0.15) is 5.26 Å². The number of nitrogens with one attached hydrogen (secondary N) is 1. The van der Waals surface area contributed by atoms with Crippen LogP contribution in [0.5, 0.6) is 0 Å². The number of nitriles is 1. The number of hydrogen-bond acceptors (Lipinski definition) is 4. The molecule has 0 aliphatic carbocycles. The van der Waals surface area contributed by atoms with Gasteiger partial charge in [0, 0.05) is 19.7 Å². The smallest absolute Gasteiger partial charge is 0.234 e.